The number of carbonyl (C=O) groups excluding carboxylic acids is 1. The summed E-state index contributed by atoms with van der Waals surface area (Å²) in [5.74, 6) is 1.01. The molecule has 0 atom stereocenters. The van der Waals surface area contributed by atoms with Crippen LogP contribution in [0.4, 0.5) is 10.1 Å². The van der Waals surface area contributed by atoms with E-state index >= 15 is 0 Å². The molecular weight excluding hydrogens is 347 g/mol. The highest BCUT2D eigenvalue weighted by molar-refractivity contribution is 5.91. The maximum atomic E-state index is 13.8. The van der Waals surface area contributed by atoms with Crippen LogP contribution in [0.25, 0.3) is 11.3 Å². The number of nitriles is 1. The van der Waals surface area contributed by atoms with Crippen molar-refractivity contribution < 1.29 is 18.3 Å². The quantitative estimate of drug-likeness (QED) is 0.667. The number of nitrogens with zero attached hydrogens (tertiary/aromatic N) is 1. The molecule has 3 aromatic rings. The standard InChI is InChI=1S/C21H17FN2O3/c22-19-7-2-1-6-18(19)20-10-8-16(27-20)9-11-21(25)24-15-4-3-5-17(14-15)26-13-12-23/h1-8,10,14H,9,11,13H2,(H,24,25). The van der Waals surface area contributed by atoms with E-state index in [1.807, 2.05) is 6.07 Å². The van der Waals surface area contributed by atoms with E-state index in [1.54, 1.807) is 54.6 Å². The number of furan rings is 1. The van der Waals surface area contributed by atoms with E-state index in [2.05, 4.69) is 5.32 Å². The predicted octanol–water partition coefficient (Wildman–Crippen LogP) is 4.56. The molecular formula is C21H17FN2O3. The van der Waals surface area contributed by atoms with Gasteiger partial charge in [0.05, 0.1) is 5.56 Å². The molecule has 0 aliphatic carbocycles. The van der Waals surface area contributed by atoms with Crippen LogP contribution < -0.4 is 10.1 Å². The molecule has 0 saturated carbocycles. The Labute approximate surface area is 156 Å². The first kappa shape index (κ1) is 18.2. The first-order valence-electron chi connectivity index (χ1n) is 8.39. The van der Waals surface area contributed by atoms with E-state index in [0.29, 0.717) is 34.9 Å². The largest absolute Gasteiger partial charge is 0.479 e. The molecule has 1 N–H and O–H groups in total. The number of halogens is 1. The van der Waals surface area contributed by atoms with Gasteiger partial charge in [-0.2, -0.15) is 5.26 Å². The van der Waals surface area contributed by atoms with Gasteiger partial charge in [-0.15, -0.1) is 0 Å². The van der Waals surface area contributed by atoms with Crippen LogP contribution in [0.5, 0.6) is 5.75 Å². The summed E-state index contributed by atoms with van der Waals surface area (Å²) in [5.41, 5.74) is 0.976. The minimum atomic E-state index is -0.352. The molecule has 27 heavy (non-hydrogen) atoms. The van der Waals surface area contributed by atoms with Crippen LogP contribution in [-0.4, -0.2) is 12.5 Å². The first-order chi connectivity index (χ1) is 13.2. The summed E-state index contributed by atoms with van der Waals surface area (Å²) in [7, 11) is 0. The van der Waals surface area contributed by atoms with Crippen molar-refractivity contribution in [1.29, 1.82) is 5.26 Å². The molecule has 1 aromatic heterocycles. The second kappa shape index (κ2) is 8.68. The zero-order valence-electron chi connectivity index (χ0n) is 14.4. The third-order valence-corrected chi connectivity index (χ3v) is 3.82. The van der Waals surface area contributed by atoms with Crippen LogP contribution >= 0.6 is 0 Å². The smallest absolute Gasteiger partial charge is 0.224 e. The van der Waals surface area contributed by atoms with Crippen LogP contribution in [0.2, 0.25) is 0 Å². The normalized spacial score (nSPS) is 10.2. The molecule has 3 rings (SSSR count). The fourth-order valence-electron chi connectivity index (χ4n) is 2.56. The average molecular weight is 364 g/mol. The average Bonchev–Trinajstić information content (AvgIpc) is 3.14. The van der Waals surface area contributed by atoms with E-state index in [1.165, 1.54) is 6.07 Å². The maximum absolute atomic E-state index is 13.8. The molecule has 5 nitrogen and oxygen atoms in total. The summed E-state index contributed by atoms with van der Waals surface area (Å²) < 4.78 is 24.6. The number of benzene rings is 2. The highest BCUT2D eigenvalue weighted by Crippen LogP contribution is 2.25. The summed E-state index contributed by atoms with van der Waals surface area (Å²) in [6.45, 7) is -0.0553. The van der Waals surface area contributed by atoms with E-state index < -0.39 is 0 Å². The Morgan fingerprint density at radius 1 is 1.15 bits per heavy atom. The van der Waals surface area contributed by atoms with Crippen molar-refractivity contribution in [2.24, 2.45) is 0 Å². The highest BCUT2D eigenvalue weighted by atomic mass is 19.1. The third kappa shape index (κ3) is 4.95. The molecule has 0 unspecified atom stereocenters. The van der Waals surface area contributed by atoms with Gasteiger partial charge in [0.2, 0.25) is 5.91 Å². The zero-order valence-corrected chi connectivity index (χ0v) is 14.4. The van der Waals surface area contributed by atoms with Crippen molar-refractivity contribution in [3.8, 4) is 23.1 Å². The Hall–Kier alpha value is -3.59. The van der Waals surface area contributed by atoms with Gasteiger partial charge in [0.1, 0.15) is 29.2 Å². The number of hydrogen-bond acceptors (Lipinski definition) is 4. The van der Waals surface area contributed by atoms with Crippen LogP contribution in [0, 0.1) is 17.1 Å². The van der Waals surface area contributed by atoms with Crippen molar-refractivity contribution in [2.75, 3.05) is 11.9 Å². The van der Waals surface area contributed by atoms with Crippen LogP contribution in [0.1, 0.15) is 12.2 Å². The summed E-state index contributed by atoms with van der Waals surface area (Å²) in [6, 6.07) is 18.5. The molecule has 136 valence electrons. The van der Waals surface area contributed by atoms with Gasteiger partial charge in [0.15, 0.2) is 6.61 Å². The van der Waals surface area contributed by atoms with Gasteiger partial charge in [0.25, 0.3) is 0 Å². The Morgan fingerprint density at radius 2 is 2.00 bits per heavy atom. The van der Waals surface area contributed by atoms with E-state index in [-0.39, 0.29) is 24.8 Å². The predicted molar refractivity (Wildman–Crippen MR) is 98.6 cm³/mol. The highest BCUT2D eigenvalue weighted by Gasteiger charge is 2.11. The number of carbonyl (C=O) groups is 1. The van der Waals surface area contributed by atoms with Gasteiger partial charge in [-0.05, 0) is 36.4 Å². The summed E-state index contributed by atoms with van der Waals surface area (Å²) in [4.78, 5) is 12.1. The molecule has 0 bridgehead atoms. The summed E-state index contributed by atoms with van der Waals surface area (Å²) >= 11 is 0. The lowest BCUT2D eigenvalue weighted by Crippen LogP contribution is -2.12. The van der Waals surface area contributed by atoms with Gasteiger partial charge in [0, 0.05) is 24.6 Å². The summed E-state index contributed by atoms with van der Waals surface area (Å²) in [5, 5.41) is 11.3. The maximum Gasteiger partial charge on any atom is 0.224 e. The topological polar surface area (TPSA) is 75.3 Å². The number of ether oxygens (including phenoxy) is 1. The molecule has 0 saturated heterocycles. The number of anilines is 1. The second-order valence-electron chi connectivity index (χ2n) is 5.77. The van der Waals surface area contributed by atoms with Gasteiger partial charge in [-0.1, -0.05) is 18.2 Å². The van der Waals surface area contributed by atoms with Gasteiger partial charge >= 0.3 is 0 Å². The molecule has 0 aliphatic rings. The minimum Gasteiger partial charge on any atom is -0.479 e. The molecule has 6 heteroatoms. The molecule has 0 aliphatic heterocycles. The van der Waals surface area contributed by atoms with E-state index in [0.717, 1.165) is 0 Å². The van der Waals surface area contributed by atoms with Crippen LogP contribution in [0.3, 0.4) is 0 Å². The SMILES string of the molecule is N#CCOc1cccc(NC(=O)CCc2ccc(-c3ccccc3F)o2)c1. The fraction of sp³-hybridized carbons (Fsp3) is 0.143. The minimum absolute atomic E-state index is 0.0553. The fourth-order valence-corrected chi connectivity index (χ4v) is 2.56. The Kier molecular flexibility index (Phi) is 5.85. The lowest BCUT2D eigenvalue weighted by atomic mass is 10.1. The first-order valence-corrected chi connectivity index (χ1v) is 8.39. The van der Waals surface area contributed by atoms with Crippen LogP contribution in [-0.2, 0) is 11.2 Å². The van der Waals surface area contributed by atoms with Crippen LogP contribution in [0.15, 0.2) is 65.1 Å². The Balaban J connectivity index is 1.56. The molecule has 0 fully saturated rings. The monoisotopic (exact) mass is 364 g/mol. The number of aryl methyl sites for hydroxylation is 1. The molecule has 0 spiro atoms. The molecule has 1 heterocycles. The Morgan fingerprint density at radius 3 is 2.81 bits per heavy atom. The number of rotatable bonds is 7. The summed E-state index contributed by atoms with van der Waals surface area (Å²) in [6.07, 6.45) is 0.610. The van der Waals surface area contributed by atoms with Gasteiger partial charge in [-0.3, -0.25) is 4.79 Å². The van der Waals surface area contributed by atoms with Gasteiger partial charge < -0.3 is 14.5 Å². The van der Waals surface area contributed by atoms with Crippen molar-refractivity contribution >= 4 is 11.6 Å². The number of hydrogen-bond donors (Lipinski definition) is 1. The molecule has 0 radical (unpaired) electrons. The van der Waals surface area contributed by atoms with Crippen molar-refractivity contribution in [2.45, 2.75) is 12.8 Å². The Bertz CT molecular complexity index is 975. The van der Waals surface area contributed by atoms with Crippen molar-refractivity contribution in [3.63, 3.8) is 0 Å². The number of nitrogens with one attached hydrogen (secondary N) is 1. The van der Waals surface area contributed by atoms with E-state index in [4.69, 9.17) is 14.4 Å². The van der Waals surface area contributed by atoms with Gasteiger partial charge in [-0.25, -0.2) is 4.39 Å². The van der Waals surface area contributed by atoms with Crippen molar-refractivity contribution in [3.05, 3.63) is 72.2 Å². The third-order valence-electron chi connectivity index (χ3n) is 3.82. The van der Waals surface area contributed by atoms with Crippen molar-refractivity contribution in [1.82, 2.24) is 0 Å². The second-order valence-corrected chi connectivity index (χ2v) is 5.77. The van der Waals surface area contributed by atoms with E-state index in [9.17, 15) is 9.18 Å². The lowest BCUT2D eigenvalue weighted by molar-refractivity contribution is -0.116. The molecule has 1 amide bonds. The number of amides is 1. The zero-order chi connectivity index (χ0) is 19.1. The lowest BCUT2D eigenvalue weighted by Gasteiger charge is -2.07. The molecule has 2 aromatic carbocycles.